The smallest absolute Gasteiger partial charge is 0.314 e. The molecule has 2 aromatic rings. The number of unbranched alkanes of at least 4 members (excludes halogenated alkanes) is 2. The molecule has 2 aliphatic rings. The quantitative estimate of drug-likeness (QED) is 0.109. The van der Waals surface area contributed by atoms with Crippen LogP contribution in [0.25, 0.3) is 0 Å². The molecule has 7 N–H and O–H groups in total. The van der Waals surface area contributed by atoms with Crippen LogP contribution in [0.3, 0.4) is 0 Å². The highest BCUT2D eigenvalue weighted by molar-refractivity contribution is 6.34. The zero-order valence-corrected chi connectivity index (χ0v) is 27.9. The lowest BCUT2D eigenvalue weighted by Gasteiger charge is -2.26. The van der Waals surface area contributed by atoms with Crippen molar-refractivity contribution in [3.8, 4) is 5.75 Å². The maximum atomic E-state index is 13.5. The second kappa shape index (κ2) is 17.1. The van der Waals surface area contributed by atoms with Gasteiger partial charge in [0.25, 0.3) is 5.91 Å². The fourth-order valence-corrected chi connectivity index (χ4v) is 5.58. The van der Waals surface area contributed by atoms with Crippen LogP contribution in [0.5, 0.6) is 5.75 Å². The predicted molar refractivity (Wildman–Crippen MR) is 177 cm³/mol. The Kier molecular flexibility index (Phi) is 13.5. The Hall–Kier alpha value is -2.68. The molecule has 2 fully saturated rings. The van der Waals surface area contributed by atoms with E-state index in [1.54, 1.807) is 18.0 Å². The van der Waals surface area contributed by atoms with Crippen LogP contribution in [0, 0.1) is 0 Å². The molecule has 2 aromatic carbocycles. The van der Waals surface area contributed by atoms with Gasteiger partial charge in [0.1, 0.15) is 29.7 Å². The molecule has 260 valence electrons. The van der Waals surface area contributed by atoms with Crippen molar-refractivity contribution in [2.75, 3.05) is 31.6 Å². The second-order valence-electron chi connectivity index (χ2n) is 12.2. The van der Waals surface area contributed by atoms with Gasteiger partial charge in [-0.3, -0.25) is 4.79 Å². The Morgan fingerprint density at radius 3 is 2.30 bits per heavy atom. The van der Waals surface area contributed by atoms with Crippen LogP contribution in [0.1, 0.15) is 56.1 Å². The third kappa shape index (κ3) is 10.4. The standard InChI is InChI=1S/C33H45Cl2N3O9/c1-38(25-8-4-5-9-28(25)47-22-10-11-22)31(44)33(12-13-33)46-19-21-16-23(34)20(15-24(21)35)7-3-2-6-14-36-32(45)37-17-26(40)29(42)30(43)27(41)18-39/h4-5,8-9,15-16,22,26-27,29-30,39-43H,2-3,6-7,10-14,17-19H2,1H3,(H2,36,37,45)/t26-,27+,29+,30+/m0/s1. The third-order valence-electron chi connectivity index (χ3n) is 8.37. The van der Waals surface area contributed by atoms with E-state index in [0.29, 0.717) is 59.3 Å². The number of aliphatic hydroxyl groups is 5. The summed E-state index contributed by atoms with van der Waals surface area (Å²) in [6, 6.07) is 10.6. The first-order valence-electron chi connectivity index (χ1n) is 15.9. The first-order chi connectivity index (χ1) is 22.5. The number of ether oxygens (including phenoxy) is 2. The van der Waals surface area contributed by atoms with Gasteiger partial charge < -0.3 is 50.5 Å². The monoisotopic (exact) mass is 697 g/mol. The third-order valence-corrected chi connectivity index (χ3v) is 9.07. The maximum Gasteiger partial charge on any atom is 0.314 e. The highest BCUT2D eigenvalue weighted by Gasteiger charge is 2.53. The summed E-state index contributed by atoms with van der Waals surface area (Å²) >= 11 is 13.2. The number of rotatable bonds is 19. The number of aliphatic hydroxyl groups excluding tert-OH is 5. The lowest BCUT2D eigenvalue weighted by Crippen LogP contribution is -2.50. The minimum Gasteiger partial charge on any atom is -0.488 e. The van der Waals surface area contributed by atoms with E-state index in [2.05, 4.69) is 10.6 Å². The Morgan fingerprint density at radius 1 is 0.957 bits per heavy atom. The van der Waals surface area contributed by atoms with Crippen molar-refractivity contribution in [3.05, 3.63) is 57.6 Å². The molecule has 0 aromatic heterocycles. The summed E-state index contributed by atoms with van der Waals surface area (Å²) in [5.41, 5.74) is 1.39. The maximum absolute atomic E-state index is 13.5. The number of hydrogen-bond acceptors (Lipinski definition) is 9. The summed E-state index contributed by atoms with van der Waals surface area (Å²) in [6.07, 6.45) is -0.217. The number of hydrogen-bond donors (Lipinski definition) is 7. The summed E-state index contributed by atoms with van der Waals surface area (Å²) in [5, 5.41) is 53.6. The molecule has 4 rings (SSSR count). The number of benzene rings is 2. The van der Waals surface area contributed by atoms with Crippen LogP contribution in [0.15, 0.2) is 36.4 Å². The first-order valence-corrected chi connectivity index (χ1v) is 16.7. The number of amides is 3. The molecule has 0 spiro atoms. The number of aryl methyl sites for hydroxylation is 1. The lowest BCUT2D eigenvalue weighted by atomic mass is 10.0. The van der Waals surface area contributed by atoms with Gasteiger partial charge in [0.2, 0.25) is 0 Å². The van der Waals surface area contributed by atoms with E-state index in [4.69, 9.17) is 37.8 Å². The van der Waals surface area contributed by atoms with Crippen LogP contribution >= 0.6 is 23.2 Å². The number of halogens is 2. The van der Waals surface area contributed by atoms with Crippen LogP contribution < -0.4 is 20.3 Å². The zero-order chi connectivity index (χ0) is 34.1. The zero-order valence-electron chi connectivity index (χ0n) is 26.4. The average molecular weight is 699 g/mol. The largest absolute Gasteiger partial charge is 0.488 e. The van der Waals surface area contributed by atoms with Gasteiger partial charge in [-0.2, -0.15) is 0 Å². The van der Waals surface area contributed by atoms with Crippen LogP contribution in [-0.2, 0) is 22.6 Å². The predicted octanol–water partition coefficient (Wildman–Crippen LogP) is 2.69. The molecule has 47 heavy (non-hydrogen) atoms. The van der Waals surface area contributed by atoms with Gasteiger partial charge in [-0.25, -0.2) is 4.79 Å². The lowest BCUT2D eigenvalue weighted by molar-refractivity contribution is -0.133. The van der Waals surface area contributed by atoms with E-state index in [-0.39, 0.29) is 25.2 Å². The number of anilines is 1. The number of likely N-dealkylation sites (N-methyl/N-ethyl adjacent to an activating group) is 1. The Bertz CT molecular complexity index is 1360. The Morgan fingerprint density at radius 2 is 1.62 bits per heavy atom. The Labute approximate surface area is 284 Å². The van der Waals surface area contributed by atoms with Gasteiger partial charge in [-0.1, -0.05) is 41.8 Å². The van der Waals surface area contributed by atoms with Gasteiger partial charge in [0.05, 0.1) is 31.1 Å². The molecule has 0 aliphatic heterocycles. The number of carbonyl (C=O) groups excluding carboxylic acids is 2. The van der Waals surface area contributed by atoms with E-state index in [1.165, 1.54) is 0 Å². The number of nitrogens with zero attached hydrogens (tertiary/aromatic N) is 1. The molecule has 0 saturated heterocycles. The molecule has 0 heterocycles. The van der Waals surface area contributed by atoms with Crippen molar-refractivity contribution in [1.29, 1.82) is 0 Å². The van der Waals surface area contributed by atoms with E-state index >= 15 is 0 Å². The van der Waals surface area contributed by atoms with Crippen LogP contribution in [-0.4, -0.2) is 100 Å². The summed E-state index contributed by atoms with van der Waals surface area (Å²) < 4.78 is 12.2. The van der Waals surface area contributed by atoms with Gasteiger partial charge in [0.15, 0.2) is 0 Å². The summed E-state index contributed by atoms with van der Waals surface area (Å²) in [4.78, 5) is 27.1. The van der Waals surface area contributed by atoms with E-state index in [9.17, 15) is 30.0 Å². The number of nitrogens with one attached hydrogen (secondary N) is 2. The first kappa shape index (κ1) is 37.1. The SMILES string of the molecule is CN(C(=O)C1(OCc2cc(Cl)c(CCCCCNC(=O)NC[C@H](O)[C@@H](O)[C@H](O)[C@H](O)CO)cc2Cl)CC1)c1ccccc1OC1CC1. The topological polar surface area (TPSA) is 181 Å². The molecule has 0 bridgehead atoms. The molecule has 14 heteroatoms. The van der Waals surface area contributed by atoms with Crippen molar-refractivity contribution >= 4 is 40.8 Å². The average Bonchev–Trinajstić information content (AvgIpc) is 4.01. The molecule has 2 aliphatic carbocycles. The minimum atomic E-state index is -1.76. The second-order valence-corrected chi connectivity index (χ2v) is 13.0. The summed E-state index contributed by atoms with van der Waals surface area (Å²) in [7, 11) is 1.74. The molecule has 12 nitrogen and oxygen atoms in total. The fraction of sp³-hybridized carbons (Fsp3) is 0.576. The van der Waals surface area contributed by atoms with Crippen molar-refractivity contribution in [2.24, 2.45) is 0 Å². The van der Waals surface area contributed by atoms with Crippen LogP contribution in [0.2, 0.25) is 10.0 Å². The highest BCUT2D eigenvalue weighted by Crippen LogP contribution is 2.44. The Balaban J connectivity index is 1.16. The van der Waals surface area contributed by atoms with Crippen LogP contribution in [0.4, 0.5) is 10.5 Å². The summed E-state index contributed by atoms with van der Waals surface area (Å²) in [6.45, 7) is -0.626. The van der Waals surface area contributed by atoms with Gasteiger partial charge in [-0.05, 0) is 80.3 Å². The van der Waals surface area contributed by atoms with Gasteiger partial charge >= 0.3 is 6.03 Å². The molecule has 0 unspecified atom stereocenters. The highest BCUT2D eigenvalue weighted by atomic mass is 35.5. The molecule has 2 saturated carbocycles. The van der Waals surface area contributed by atoms with E-state index in [0.717, 1.165) is 31.2 Å². The van der Waals surface area contributed by atoms with Crippen molar-refractivity contribution in [1.82, 2.24) is 10.6 Å². The molecule has 0 radical (unpaired) electrons. The van der Waals surface area contributed by atoms with E-state index in [1.807, 2.05) is 30.3 Å². The van der Waals surface area contributed by atoms with Crippen molar-refractivity contribution < 1.29 is 44.6 Å². The molecule has 3 amide bonds. The minimum absolute atomic E-state index is 0.124. The van der Waals surface area contributed by atoms with Gasteiger partial charge in [0, 0.05) is 30.2 Å². The van der Waals surface area contributed by atoms with E-state index < -0.39 is 42.7 Å². The van der Waals surface area contributed by atoms with Gasteiger partial charge in [-0.15, -0.1) is 0 Å². The van der Waals surface area contributed by atoms with Crippen molar-refractivity contribution in [2.45, 2.75) is 94.1 Å². The fourth-order valence-electron chi connectivity index (χ4n) is 5.06. The number of para-hydroxylation sites is 2. The normalized spacial score (nSPS) is 17.7. The summed E-state index contributed by atoms with van der Waals surface area (Å²) in [5.74, 6) is 0.569. The van der Waals surface area contributed by atoms with Crippen molar-refractivity contribution in [3.63, 3.8) is 0 Å². The number of urea groups is 1. The molecular formula is C33H45Cl2N3O9. The number of carbonyl (C=O) groups is 2. The molecule has 4 atom stereocenters. The molecular weight excluding hydrogens is 653 g/mol.